The third-order valence-electron chi connectivity index (χ3n) is 9.40. The molecule has 0 aromatic heterocycles. The van der Waals surface area contributed by atoms with Crippen molar-refractivity contribution in [1.82, 2.24) is 0 Å². The molecule has 4 aliphatic rings. The third kappa shape index (κ3) is 3.13. The molecule has 1 saturated heterocycles. The van der Waals surface area contributed by atoms with Crippen molar-refractivity contribution in [2.45, 2.75) is 84.8 Å². The van der Waals surface area contributed by atoms with E-state index in [1.807, 2.05) is 6.92 Å². The molecule has 4 rings (SSSR count). The highest BCUT2D eigenvalue weighted by atomic mass is 16.6. The molecular weight excluding hydrogens is 412 g/mol. The van der Waals surface area contributed by atoms with Crippen LogP contribution in [0.4, 0.5) is 0 Å². The maximum absolute atomic E-state index is 13.1. The Bertz CT molecular complexity index is 791. The molecule has 4 fully saturated rings. The summed E-state index contributed by atoms with van der Waals surface area (Å²) < 4.78 is 16.7. The largest absolute Gasteiger partial charge is 0.469 e. The SMILES string of the molecule is CCCC(=O)OC1C(O)C2C(C)(C)CCCC2(C)C2CCC(C(=O)OC)C3C(=O)OCC132. The fraction of sp³-hybridized carbons (Fsp3) is 0.880. The van der Waals surface area contributed by atoms with Gasteiger partial charge in [-0.1, -0.05) is 34.1 Å². The van der Waals surface area contributed by atoms with Gasteiger partial charge in [-0.15, -0.1) is 0 Å². The number of cyclic esters (lactones) is 1. The summed E-state index contributed by atoms with van der Waals surface area (Å²) >= 11 is 0. The number of carbonyl (C=O) groups excluding carboxylic acids is 3. The lowest BCUT2D eigenvalue weighted by Crippen LogP contribution is -2.72. The van der Waals surface area contributed by atoms with E-state index in [0.29, 0.717) is 19.3 Å². The summed E-state index contributed by atoms with van der Waals surface area (Å²) in [7, 11) is 1.33. The normalized spacial score (nSPS) is 44.5. The molecular formula is C25H38O7. The van der Waals surface area contributed by atoms with Gasteiger partial charge in [0, 0.05) is 6.42 Å². The monoisotopic (exact) mass is 450 g/mol. The van der Waals surface area contributed by atoms with Crippen molar-refractivity contribution in [3.05, 3.63) is 0 Å². The highest BCUT2D eigenvalue weighted by Crippen LogP contribution is 2.71. The van der Waals surface area contributed by atoms with E-state index in [1.54, 1.807) is 0 Å². The van der Waals surface area contributed by atoms with Crippen LogP contribution in [0.3, 0.4) is 0 Å². The second kappa shape index (κ2) is 8.00. The number of aliphatic hydroxyl groups is 1. The van der Waals surface area contributed by atoms with E-state index in [4.69, 9.17) is 14.2 Å². The first kappa shape index (κ1) is 23.5. The minimum absolute atomic E-state index is 0.000224. The highest BCUT2D eigenvalue weighted by Gasteiger charge is 2.76. The van der Waals surface area contributed by atoms with E-state index in [9.17, 15) is 19.5 Å². The summed E-state index contributed by atoms with van der Waals surface area (Å²) in [6.07, 6.45) is 3.28. The highest BCUT2D eigenvalue weighted by molar-refractivity contribution is 5.85. The van der Waals surface area contributed by atoms with Crippen LogP contribution in [0.5, 0.6) is 0 Å². The van der Waals surface area contributed by atoms with Crippen LogP contribution in [0.1, 0.15) is 72.6 Å². The van der Waals surface area contributed by atoms with Gasteiger partial charge in [-0.05, 0) is 54.8 Å². The topological polar surface area (TPSA) is 99.1 Å². The van der Waals surface area contributed by atoms with Crippen LogP contribution in [0, 0.1) is 39.9 Å². The first-order chi connectivity index (χ1) is 15.0. The summed E-state index contributed by atoms with van der Waals surface area (Å²) in [6, 6.07) is 0. The summed E-state index contributed by atoms with van der Waals surface area (Å²) in [5.41, 5.74) is -1.31. The Kier molecular flexibility index (Phi) is 5.88. The molecule has 8 atom stereocenters. The summed E-state index contributed by atoms with van der Waals surface area (Å²) in [5, 5.41) is 11.9. The van der Waals surface area contributed by atoms with E-state index in [0.717, 1.165) is 19.3 Å². The van der Waals surface area contributed by atoms with Gasteiger partial charge in [0.1, 0.15) is 12.7 Å². The summed E-state index contributed by atoms with van der Waals surface area (Å²) in [4.78, 5) is 38.5. The molecule has 7 nitrogen and oxygen atoms in total. The zero-order valence-electron chi connectivity index (χ0n) is 20.0. The molecule has 180 valence electrons. The average molecular weight is 451 g/mol. The standard InChI is InChI=1S/C25H38O7/c1-6-8-16(26)32-20-18(27)19-23(2,3)11-7-12-24(19,4)15-10-9-14(21(28)30-5)17-22(29)31-13-25(15,17)20/h14-15,17-20,27H,6-13H2,1-5H3. The van der Waals surface area contributed by atoms with Crippen LogP contribution >= 0.6 is 0 Å². The van der Waals surface area contributed by atoms with Gasteiger partial charge in [0.15, 0.2) is 0 Å². The van der Waals surface area contributed by atoms with Crippen molar-refractivity contribution in [3.8, 4) is 0 Å². The molecule has 32 heavy (non-hydrogen) atoms. The average Bonchev–Trinajstić information content (AvgIpc) is 3.07. The fourth-order valence-corrected chi connectivity index (χ4v) is 8.49. The van der Waals surface area contributed by atoms with Crippen LogP contribution in [-0.2, 0) is 28.6 Å². The first-order valence-electron chi connectivity index (χ1n) is 12.2. The number of hydrogen-bond donors (Lipinski definition) is 1. The molecule has 1 N–H and O–H groups in total. The van der Waals surface area contributed by atoms with Crippen LogP contribution in [0.25, 0.3) is 0 Å². The number of ether oxygens (including phenoxy) is 3. The molecule has 0 radical (unpaired) electrons. The minimum atomic E-state index is -0.930. The molecule has 8 unspecified atom stereocenters. The molecule has 7 heteroatoms. The van der Waals surface area contributed by atoms with Gasteiger partial charge in [-0.25, -0.2) is 0 Å². The molecule has 1 spiro atoms. The van der Waals surface area contributed by atoms with Crippen LogP contribution in [0.2, 0.25) is 0 Å². The molecule has 1 heterocycles. The van der Waals surface area contributed by atoms with Crippen molar-refractivity contribution in [2.75, 3.05) is 13.7 Å². The molecule has 1 aliphatic heterocycles. The Morgan fingerprint density at radius 1 is 1.19 bits per heavy atom. The number of rotatable bonds is 4. The Morgan fingerprint density at radius 3 is 2.56 bits per heavy atom. The summed E-state index contributed by atoms with van der Waals surface area (Å²) in [5.74, 6) is -2.75. The van der Waals surface area contributed by atoms with Crippen molar-refractivity contribution in [3.63, 3.8) is 0 Å². The number of hydrogen-bond acceptors (Lipinski definition) is 7. The van der Waals surface area contributed by atoms with Gasteiger partial charge in [-0.2, -0.15) is 0 Å². The molecule has 3 saturated carbocycles. The van der Waals surface area contributed by atoms with Crippen molar-refractivity contribution in [2.24, 2.45) is 39.9 Å². The van der Waals surface area contributed by atoms with Crippen LogP contribution in [-0.4, -0.2) is 48.9 Å². The summed E-state index contributed by atoms with van der Waals surface area (Å²) in [6.45, 7) is 8.58. The maximum atomic E-state index is 13.1. The van der Waals surface area contributed by atoms with E-state index in [-0.39, 0.29) is 41.7 Å². The van der Waals surface area contributed by atoms with Gasteiger partial charge < -0.3 is 19.3 Å². The van der Waals surface area contributed by atoms with Gasteiger partial charge in [-0.3, -0.25) is 14.4 Å². The molecule has 3 aliphatic carbocycles. The predicted molar refractivity (Wildman–Crippen MR) is 115 cm³/mol. The van der Waals surface area contributed by atoms with E-state index in [2.05, 4.69) is 20.8 Å². The van der Waals surface area contributed by atoms with E-state index in [1.165, 1.54) is 7.11 Å². The van der Waals surface area contributed by atoms with Gasteiger partial charge in [0.05, 0.1) is 30.5 Å². The Balaban J connectivity index is 1.88. The second-order valence-electron chi connectivity index (χ2n) is 11.4. The lowest BCUT2D eigenvalue weighted by atomic mass is 9.37. The smallest absolute Gasteiger partial charge is 0.310 e. The number of aliphatic hydroxyl groups excluding tert-OH is 1. The second-order valence-corrected chi connectivity index (χ2v) is 11.4. The van der Waals surface area contributed by atoms with Crippen molar-refractivity contribution >= 4 is 17.9 Å². The molecule has 0 amide bonds. The van der Waals surface area contributed by atoms with Crippen LogP contribution in [0.15, 0.2) is 0 Å². The quantitative estimate of drug-likeness (QED) is 0.518. The molecule has 0 aromatic rings. The van der Waals surface area contributed by atoms with Crippen LogP contribution < -0.4 is 0 Å². The van der Waals surface area contributed by atoms with Crippen molar-refractivity contribution < 1.29 is 33.7 Å². The minimum Gasteiger partial charge on any atom is -0.469 e. The first-order valence-corrected chi connectivity index (χ1v) is 12.2. The van der Waals surface area contributed by atoms with Crippen molar-refractivity contribution in [1.29, 1.82) is 0 Å². The third-order valence-corrected chi connectivity index (χ3v) is 9.40. The van der Waals surface area contributed by atoms with Gasteiger partial charge in [0.2, 0.25) is 0 Å². The number of fused-ring (bicyclic) bond motifs is 2. The fourth-order valence-electron chi connectivity index (χ4n) is 8.49. The lowest BCUT2D eigenvalue weighted by molar-refractivity contribution is -0.273. The van der Waals surface area contributed by atoms with E-state index < -0.39 is 41.4 Å². The zero-order chi connectivity index (χ0) is 23.5. The number of esters is 3. The predicted octanol–water partition coefficient (Wildman–Crippen LogP) is 3.26. The van der Waals surface area contributed by atoms with Gasteiger partial charge in [0.25, 0.3) is 0 Å². The van der Waals surface area contributed by atoms with E-state index >= 15 is 0 Å². The Labute approximate surface area is 190 Å². The Hall–Kier alpha value is -1.63. The Morgan fingerprint density at radius 2 is 1.91 bits per heavy atom. The number of carbonyl (C=O) groups is 3. The molecule has 0 aromatic carbocycles. The molecule has 0 bridgehead atoms. The number of methoxy groups -OCH3 is 1. The van der Waals surface area contributed by atoms with Gasteiger partial charge >= 0.3 is 17.9 Å². The zero-order valence-corrected chi connectivity index (χ0v) is 20.0. The maximum Gasteiger partial charge on any atom is 0.310 e. The lowest BCUT2D eigenvalue weighted by Gasteiger charge is -2.67.